The van der Waals surface area contributed by atoms with E-state index in [4.69, 9.17) is 0 Å². The highest BCUT2D eigenvalue weighted by atomic mass is 19.1. The Morgan fingerprint density at radius 2 is 2.08 bits per heavy atom. The summed E-state index contributed by atoms with van der Waals surface area (Å²) in [6, 6.07) is 0. The number of carbonyl (C=O) groups is 2. The molecule has 1 saturated carbocycles. The monoisotopic (exact) mass is 361 g/mol. The molecule has 1 heterocycles. The first-order valence-corrected chi connectivity index (χ1v) is 9.62. The standard InChI is InChI=1S/C20H28FN3O2/c1-3-8-24(19(26)20(2)10-15(21)11-20)9-7-23-18(25)17-13-22-12-14-5-4-6-16(14)17/h12-13,15H,3-11H2,1-2H3,(H,23,25). The molecular weight excluding hydrogens is 333 g/mol. The summed E-state index contributed by atoms with van der Waals surface area (Å²) in [5, 5.41) is 2.92. The summed E-state index contributed by atoms with van der Waals surface area (Å²) in [6.45, 7) is 5.32. The molecule has 0 spiro atoms. The van der Waals surface area contributed by atoms with Gasteiger partial charge in [-0.15, -0.1) is 0 Å². The van der Waals surface area contributed by atoms with Crippen LogP contribution < -0.4 is 5.32 Å². The second kappa shape index (κ2) is 7.72. The number of rotatable bonds is 7. The van der Waals surface area contributed by atoms with Gasteiger partial charge in [-0.2, -0.15) is 0 Å². The normalized spacial score (nSPS) is 23.9. The lowest BCUT2D eigenvalue weighted by Crippen LogP contribution is -2.52. The van der Waals surface area contributed by atoms with E-state index in [1.54, 1.807) is 11.1 Å². The minimum atomic E-state index is -0.861. The minimum Gasteiger partial charge on any atom is -0.350 e. The molecule has 0 unspecified atom stereocenters. The molecule has 0 atom stereocenters. The topological polar surface area (TPSA) is 62.3 Å². The Kier molecular flexibility index (Phi) is 5.58. The van der Waals surface area contributed by atoms with Gasteiger partial charge >= 0.3 is 0 Å². The van der Waals surface area contributed by atoms with Gasteiger partial charge < -0.3 is 10.2 Å². The van der Waals surface area contributed by atoms with Crippen LogP contribution >= 0.6 is 0 Å². The summed E-state index contributed by atoms with van der Waals surface area (Å²) in [5.74, 6) is -0.122. The Morgan fingerprint density at radius 1 is 1.31 bits per heavy atom. The van der Waals surface area contributed by atoms with Crippen LogP contribution in [0.25, 0.3) is 0 Å². The fourth-order valence-electron chi connectivity index (χ4n) is 4.15. The Labute approximate surface area is 154 Å². The molecule has 0 aromatic carbocycles. The molecule has 6 heteroatoms. The Morgan fingerprint density at radius 3 is 2.77 bits per heavy atom. The number of halogens is 1. The van der Waals surface area contributed by atoms with Gasteiger partial charge in [-0.1, -0.05) is 13.8 Å². The molecule has 1 N–H and O–H groups in total. The fraction of sp³-hybridized carbons (Fsp3) is 0.650. The van der Waals surface area contributed by atoms with Crippen LogP contribution in [0.15, 0.2) is 12.4 Å². The molecule has 2 aliphatic rings. The van der Waals surface area contributed by atoms with Crippen LogP contribution in [0.1, 0.15) is 61.0 Å². The van der Waals surface area contributed by atoms with Crippen LogP contribution in [0, 0.1) is 5.41 Å². The third kappa shape index (κ3) is 3.74. The number of aryl methyl sites for hydroxylation is 1. The number of aromatic nitrogens is 1. The first-order valence-electron chi connectivity index (χ1n) is 9.62. The summed E-state index contributed by atoms with van der Waals surface area (Å²) in [7, 11) is 0. The lowest BCUT2D eigenvalue weighted by Gasteiger charge is -2.42. The Hall–Kier alpha value is -1.98. The second-order valence-corrected chi connectivity index (χ2v) is 7.79. The number of nitrogens with zero attached hydrogens (tertiary/aromatic N) is 2. The number of alkyl halides is 1. The zero-order valence-corrected chi connectivity index (χ0v) is 15.7. The average Bonchev–Trinajstić information content (AvgIpc) is 3.07. The zero-order valence-electron chi connectivity index (χ0n) is 15.7. The Bertz CT molecular complexity index is 686. The molecule has 0 radical (unpaired) electrons. The van der Waals surface area contributed by atoms with Crippen LogP contribution in [0.4, 0.5) is 4.39 Å². The van der Waals surface area contributed by atoms with E-state index in [2.05, 4.69) is 10.3 Å². The highest BCUT2D eigenvalue weighted by Crippen LogP contribution is 2.44. The average molecular weight is 361 g/mol. The summed E-state index contributed by atoms with van der Waals surface area (Å²) in [4.78, 5) is 31.2. The molecule has 1 fully saturated rings. The van der Waals surface area contributed by atoms with Crippen LogP contribution in [-0.4, -0.2) is 47.5 Å². The quantitative estimate of drug-likeness (QED) is 0.812. The third-order valence-electron chi connectivity index (χ3n) is 5.57. The van der Waals surface area contributed by atoms with Gasteiger partial charge in [-0.25, -0.2) is 4.39 Å². The van der Waals surface area contributed by atoms with Crippen molar-refractivity contribution in [2.24, 2.45) is 5.41 Å². The molecule has 2 aliphatic carbocycles. The van der Waals surface area contributed by atoms with Crippen LogP contribution in [0.3, 0.4) is 0 Å². The van der Waals surface area contributed by atoms with Crippen LogP contribution in [-0.2, 0) is 17.6 Å². The van der Waals surface area contributed by atoms with Crippen LogP contribution in [0.2, 0.25) is 0 Å². The van der Waals surface area contributed by atoms with E-state index in [9.17, 15) is 14.0 Å². The first kappa shape index (κ1) is 18.8. The van der Waals surface area contributed by atoms with Gasteiger partial charge in [0.2, 0.25) is 5.91 Å². The highest BCUT2D eigenvalue weighted by Gasteiger charge is 2.48. The summed E-state index contributed by atoms with van der Waals surface area (Å²) < 4.78 is 13.2. The number of pyridine rings is 1. The van der Waals surface area contributed by atoms with Gasteiger partial charge in [-0.3, -0.25) is 14.6 Å². The molecule has 142 valence electrons. The largest absolute Gasteiger partial charge is 0.350 e. The van der Waals surface area contributed by atoms with Crippen molar-refractivity contribution in [3.8, 4) is 0 Å². The van der Waals surface area contributed by atoms with E-state index in [1.165, 1.54) is 5.56 Å². The van der Waals surface area contributed by atoms with Gasteiger partial charge in [-0.05, 0) is 49.7 Å². The summed E-state index contributed by atoms with van der Waals surface area (Å²) in [6.07, 6.45) is 7.03. The maximum Gasteiger partial charge on any atom is 0.253 e. The van der Waals surface area contributed by atoms with E-state index >= 15 is 0 Å². The van der Waals surface area contributed by atoms with Gasteiger partial charge in [0.05, 0.1) is 11.0 Å². The van der Waals surface area contributed by atoms with Crippen LogP contribution in [0.5, 0.6) is 0 Å². The number of carbonyl (C=O) groups excluding carboxylic acids is 2. The van der Waals surface area contributed by atoms with E-state index in [1.807, 2.05) is 20.0 Å². The van der Waals surface area contributed by atoms with Crippen molar-refractivity contribution >= 4 is 11.8 Å². The number of hydrogen-bond acceptors (Lipinski definition) is 3. The molecule has 5 nitrogen and oxygen atoms in total. The molecule has 2 amide bonds. The van der Waals surface area contributed by atoms with Gasteiger partial charge in [0.1, 0.15) is 6.17 Å². The van der Waals surface area contributed by atoms with Crippen molar-refractivity contribution in [1.82, 2.24) is 15.2 Å². The van der Waals surface area contributed by atoms with E-state index in [-0.39, 0.29) is 11.8 Å². The molecular formula is C20H28FN3O2. The first-order chi connectivity index (χ1) is 12.4. The van der Waals surface area contributed by atoms with Gasteiger partial charge in [0.15, 0.2) is 0 Å². The van der Waals surface area contributed by atoms with Crippen molar-refractivity contribution in [1.29, 1.82) is 0 Å². The van der Waals surface area contributed by atoms with E-state index < -0.39 is 11.6 Å². The van der Waals surface area contributed by atoms with Crippen molar-refractivity contribution in [3.05, 3.63) is 29.1 Å². The number of hydrogen-bond donors (Lipinski definition) is 1. The van der Waals surface area contributed by atoms with Crippen molar-refractivity contribution < 1.29 is 14.0 Å². The highest BCUT2D eigenvalue weighted by molar-refractivity contribution is 5.95. The summed E-state index contributed by atoms with van der Waals surface area (Å²) >= 11 is 0. The number of fused-ring (bicyclic) bond motifs is 1. The smallest absolute Gasteiger partial charge is 0.253 e. The lowest BCUT2D eigenvalue weighted by atomic mass is 9.68. The van der Waals surface area contributed by atoms with E-state index in [0.717, 1.165) is 31.2 Å². The molecule has 26 heavy (non-hydrogen) atoms. The predicted octanol–water partition coefficient (Wildman–Crippen LogP) is 2.68. The molecule has 1 aromatic rings. The maximum absolute atomic E-state index is 13.2. The second-order valence-electron chi connectivity index (χ2n) is 7.79. The molecule has 0 bridgehead atoms. The molecule has 0 saturated heterocycles. The fourth-order valence-corrected chi connectivity index (χ4v) is 4.15. The van der Waals surface area contributed by atoms with Crippen molar-refractivity contribution in [2.45, 2.75) is 58.5 Å². The third-order valence-corrected chi connectivity index (χ3v) is 5.57. The number of amides is 2. The summed E-state index contributed by atoms with van der Waals surface area (Å²) in [5.41, 5.74) is 2.34. The van der Waals surface area contributed by atoms with Crippen molar-refractivity contribution in [2.75, 3.05) is 19.6 Å². The van der Waals surface area contributed by atoms with Crippen molar-refractivity contribution in [3.63, 3.8) is 0 Å². The molecule has 1 aromatic heterocycles. The SMILES string of the molecule is CCCN(CCNC(=O)c1cncc2c1CCC2)C(=O)C1(C)CC(F)C1. The predicted molar refractivity (Wildman–Crippen MR) is 97.7 cm³/mol. The minimum absolute atomic E-state index is 0.00442. The zero-order chi connectivity index (χ0) is 18.7. The lowest BCUT2D eigenvalue weighted by molar-refractivity contribution is -0.150. The molecule has 0 aliphatic heterocycles. The van der Waals surface area contributed by atoms with E-state index in [0.29, 0.717) is 38.0 Å². The maximum atomic E-state index is 13.2. The molecule has 3 rings (SSSR count). The number of nitrogens with one attached hydrogen (secondary N) is 1. The van der Waals surface area contributed by atoms with Gasteiger partial charge in [0.25, 0.3) is 5.91 Å². The van der Waals surface area contributed by atoms with Gasteiger partial charge in [0, 0.05) is 32.0 Å². The Balaban J connectivity index is 1.56.